The summed E-state index contributed by atoms with van der Waals surface area (Å²) in [5.41, 5.74) is 4.38. The first kappa shape index (κ1) is 23.8. The number of carbonyl (C=O) groups excluding carboxylic acids is 1. The maximum atomic E-state index is 13.0. The number of piperidine rings is 1. The molecule has 2 saturated heterocycles. The van der Waals surface area contributed by atoms with Crippen LogP contribution in [0.4, 0.5) is 0 Å². The Morgan fingerprint density at radius 1 is 1.24 bits per heavy atom. The number of aryl methyl sites for hydroxylation is 2. The molecule has 2 aliphatic heterocycles. The summed E-state index contributed by atoms with van der Waals surface area (Å²) in [6.45, 7) is 6.00. The summed E-state index contributed by atoms with van der Waals surface area (Å²) in [7, 11) is -0.994. The average Bonchev–Trinajstić information content (AvgIpc) is 3.17. The van der Waals surface area contributed by atoms with Gasteiger partial charge in [0.1, 0.15) is 5.82 Å². The lowest BCUT2D eigenvalue weighted by Crippen LogP contribution is -2.42. The van der Waals surface area contributed by atoms with Crippen molar-refractivity contribution < 1.29 is 13.2 Å². The first-order valence-corrected chi connectivity index (χ1v) is 13.6. The molecule has 3 heterocycles. The lowest BCUT2D eigenvalue weighted by Gasteiger charge is -2.34. The van der Waals surface area contributed by atoms with Crippen LogP contribution in [0.5, 0.6) is 0 Å². The van der Waals surface area contributed by atoms with Crippen LogP contribution in [-0.4, -0.2) is 78.3 Å². The van der Waals surface area contributed by atoms with E-state index in [0.29, 0.717) is 25.9 Å². The van der Waals surface area contributed by atoms with E-state index < -0.39 is 9.84 Å². The Balaban J connectivity index is 1.43. The van der Waals surface area contributed by atoms with Crippen LogP contribution in [-0.2, 0) is 14.6 Å². The second kappa shape index (κ2) is 9.89. The molecule has 0 N–H and O–H groups in total. The third-order valence-corrected chi connectivity index (χ3v) is 8.69. The molecule has 1 amide bonds. The predicted octanol–water partition coefficient (Wildman–Crippen LogP) is 2.98. The summed E-state index contributed by atoms with van der Waals surface area (Å²) < 4.78 is 23.5. The third-order valence-electron chi connectivity index (χ3n) is 6.94. The van der Waals surface area contributed by atoms with E-state index in [1.165, 1.54) is 5.56 Å². The fraction of sp³-hybridized carbons (Fsp3) is 0.560. The Labute approximate surface area is 197 Å². The zero-order valence-electron chi connectivity index (χ0n) is 19.8. The van der Waals surface area contributed by atoms with Crippen LogP contribution in [0.1, 0.15) is 48.7 Å². The van der Waals surface area contributed by atoms with E-state index in [4.69, 9.17) is 4.98 Å². The van der Waals surface area contributed by atoms with E-state index in [0.717, 1.165) is 42.0 Å². The highest BCUT2D eigenvalue weighted by Crippen LogP contribution is 2.33. The summed E-state index contributed by atoms with van der Waals surface area (Å²) >= 11 is 0. The highest BCUT2D eigenvalue weighted by atomic mass is 32.2. The van der Waals surface area contributed by atoms with Crippen molar-refractivity contribution in [3.05, 3.63) is 47.5 Å². The van der Waals surface area contributed by atoms with Gasteiger partial charge in [-0.1, -0.05) is 29.8 Å². The molecule has 178 valence electrons. The first-order valence-electron chi connectivity index (χ1n) is 11.8. The van der Waals surface area contributed by atoms with Crippen molar-refractivity contribution in [2.45, 2.75) is 51.5 Å². The largest absolute Gasteiger partial charge is 0.342 e. The molecule has 0 radical (unpaired) electrons. The monoisotopic (exact) mass is 470 g/mol. The average molecular weight is 471 g/mol. The highest BCUT2D eigenvalue weighted by Gasteiger charge is 2.32. The van der Waals surface area contributed by atoms with E-state index in [2.05, 4.69) is 36.2 Å². The number of likely N-dealkylation sites (tertiary alicyclic amines) is 1. The standard InChI is InChI=1S/C25H34N4O3S/c1-18-6-4-7-20(14-18)23-15-26-19(2)27-25(23)21-8-5-11-29(16-21)24(30)9-12-28(3)22-10-13-33(31,32)17-22/h4,6-7,14-15,21-22H,5,8-13,16-17H2,1-3H3. The fourth-order valence-corrected chi connectivity index (χ4v) is 6.80. The molecule has 0 spiro atoms. The number of hydrogen-bond donors (Lipinski definition) is 0. The predicted molar refractivity (Wildman–Crippen MR) is 130 cm³/mol. The summed E-state index contributed by atoms with van der Waals surface area (Å²) in [5.74, 6) is 1.52. The van der Waals surface area contributed by atoms with Gasteiger partial charge in [0.25, 0.3) is 0 Å². The number of carbonyl (C=O) groups is 1. The minimum atomic E-state index is -2.92. The topological polar surface area (TPSA) is 83.5 Å². The molecule has 2 atom stereocenters. The molecule has 2 aromatic rings. The minimum Gasteiger partial charge on any atom is -0.342 e. The van der Waals surface area contributed by atoms with E-state index in [-0.39, 0.29) is 29.4 Å². The van der Waals surface area contributed by atoms with E-state index in [9.17, 15) is 13.2 Å². The highest BCUT2D eigenvalue weighted by molar-refractivity contribution is 7.91. The van der Waals surface area contributed by atoms with Crippen LogP contribution >= 0.6 is 0 Å². The summed E-state index contributed by atoms with van der Waals surface area (Å²) in [6, 6.07) is 8.41. The van der Waals surface area contributed by atoms with Crippen LogP contribution in [0.2, 0.25) is 0 Å². The third kappa shape index (κ3) is 5.79. The van der Waals surface area contributed by atoms with Crippen LogP contribution < -0.4 is 0 Å². The molecule has 2 unspecified atom stereocenters. The number of sulfone groups is 1. The lowest BCUT2D eigenvalue weighted by molar-refractivity contribution is -0.132. The van der Waals surface area contributed by atoms with Crippen LogP contribution in [0.15, 0.2) is 30.5 Å². The smallest absolute Gasteiger partial charge is 0.223 e. The van der Waals surface area contributed by atoms with E-state index >= 15 is 0 Å². The van der Waals surface area contributed by atoms with Gasteiger partial charge in [-0.05, 0) is 45.7 Å². The van der Waals surface area contributed by atoms with Crippen LogP contribution in [0, 0.1) is 13.8 Å². The summed E-state index contributed by atoms with van der Waals surface area (Å²) in [5, 5.41) is 0. The Bertz CT molecular complexity index is 1120. The van der Waals surface area contributed by atoms with E-state index in [1.54, 1.807) is 0 Å². The fourth-order valence-electron chi connectivity index (χ4n) is 5.00. The van der Waals surface area contributed by atoms with Gasteiger partial charge in [0.05, 0.1) is 17.2 Å². The molecule has 2 fully saturated rings. The first-order chi connectivity index (χ1) is 15.7. The zero-order valence-corrected chi connectivity index (χ0v) is 20.6. The molecule has 33 heavy (non-hydrogen) atoms. The van der Waals surface area contributed by atoms with Crippen molar-refractivity contribution in [3.63, 3.8) is 0 Å². The van der Waals surface area contributed by atoms with E-state index in [1.807, 2.05) is 30.0 Å². The van der Waals surface area contributed by atoms with Crippen molar-refractivity contribution in [3.8, 4) is 11.1 Å². The Kier molecular flexibility index (Phi) is 7.14. The summed E-state index contributed by atoms with van der Waals surface area (Å²) in [6.07, 6.45) is 4.93. The van der Waals surface area contributed by atoms with Crippen molar-refractivity contribution in [1.29, 1.82) is 0 Å². The Hall–Kier alpha value is -2.32. The van der Waals surface area contributed by atoms with Gasteiger partial charge in [0.2, 0.25) is 5.91 Å². The molecular formula is C25H34N4O3S. The van der Waals surface area contributed by atoms with Crippen LogP contribution in [0.25, 0.3) is 11.1 Å². The van der Waals surface area contributed by atoms with Gasteiger partial charge in [-0.3, -0.25) is 4.79 Å². The molecule has 4 rings (SSSR count). The molecule has 2 aliphatic rings. The molecule has 8 heteroatoms. The molecule has 0 bridgehead atoms. The molecule has 0 saturated carbocycles. The zero-order chi connectivity index (χ0) is 23.6. The van der Waals surface area contributed by atoms with Gasteiger partial charge in [0, 0.05) is 49.8 Å². The second-order valence-electron chi connectivity index (χ2n) is 9.55. The SMILES string of the molecule is Cc1cccc(-c2cnc(C)nc2C2CCCN(C(=O)CCN(C)C3CCS(=O)(=O)C3)C2)c1. The second-order valence-corrected chi connectivity index (χ2v) is 11.8. The Morgan fingerprint density at radius 2 is 2.06 bits per heavy atom. The number of benzene rings is 1. The molecule has 7 nitrogen and oxygen atoms in total. The van der Waals surface area contributed by atoms with Gasteiger partial charge >= 0.3 is 0 Å². The molecule has 1 aromatic heterocycles. The molecular weight excluding hydrogens is 436 g/mol. The number of aromatic nitrogens is 2. The maximum Gasteiger partial charge on any atom is 0.223 e. The van der Waals surface area contributed by atoms with Gasteiger partial charge in [-0.15, -0.1) is 0 Å². The number of amides is 1. The van der Waals surface area contributed by atoms with Gasteiger partial charge < -0.3 is 9.80 Å². The van der Waals surface area contributed by atoms with Crippen molar-refractivity contribution in [2.24, 2.45) is 0 Å². The normalized spacial score (nSPS) is 22.6. The Morgan fingerprint density at radius 3 is 2.79 bits per heavy atom. The number of rotatable bonds is 6. The maximum absolute atomic E-state index is 13.0. The van der Waals surface area contributed by atoms with Crippen molar-refractivity contribution in [2.75, 3.05) is 38.2 Å². The summed E-state index contributed by atoms with van der Waals surface area (Å²) in [4.78, 5) is 26.3. The molecule has 1 aromatic carbocycles. The van der Waals surface area contributed by atoms with Gasteiger partial charge in [-0.2, -0.15) is 0 Å². The lowest BCUT2D eigenvalue weighted by atomic mass is 9.89. The van der Waals surface area contributed by atoms with Crippen LogP contribution in [0.3, 0.4) is 0 Å². The number of nitrogens with zero attached hydrogens (tertiary/aromatic N) is 4. The molecule has 0 aliphatic carbocycles. The minimum absolute atomic E-state index is 0.0257. The van der Waals surface area contributed by atoms with Gasteiger partial charge in [0.15, 0.2) is 9.84 Å². The number of hydrogen-bond acceptors (Lipinski definition) is 6. The van der Waals surface area contributed by atoms with Gasteiger partial charge in [-0.25, -0.2) is 18.4 Å². The quantitative estimate of drug-likeness (QED) is 0.645. The van der Waals surface area contributed by atoms with Crippen molar-refractivity contribution in [1.82, 2.24) is 19.8 Å². The van der Waals surface area contributed by atoms with Crippen molar-refractivity contribution >= 4 is 15.7 Å².